The summed E-state index contributed by atoms with van der Waals surface area (Å²) in [6.45, 7) is 4.48. The standard InChI is InChI=1S/C22H27N3O3/c1-16(26)25-20-8-7-19(22(27)24-14-17-9-11-23-12-10-17)13-21(20)28-15-18-5-3-2-4-6-18/h2-8,13,17,23H,9-12,14-15H2,1H3,(H,24,27)(H,25,26). The molecule has 2 aromatic rings. The number of hydrogen-bond donors (Lipinski definition) is 3. The Bertz CT molecular complexity index is 802. The normalized spacial score (nSPS) is 14.3. The van der Waals surface area contributed by atoms with Crippen molar-refractivity contribution in [1.82, 2.24) is 10.6 Å². The van der Waals surface area contributed by atoms with E-state index >= 15 is 0 Å². The number of amides is 2. The van der Waals surface area contributed by atoms with Crippen LogP contribution in [-0.4, -0.2) is 31.4 Å². The summed E-state index contributed by atoms with van der Waals surface area (Å²) in [4.78, 5) is 24.1. The average molecular weight is 381 g/mol. The van der Waals surface area contributed by atoms with Crippen LogP contribution in [0.1, 0.15) is 35.7 Å². The van der Waals surface area contributed by atoms with Crippen LogP contribution >= 0.6 is 0 Å². The molecule has 0 atom stereocenters. The molecule has 3 N–H and O–H groups in total. The van der Waals surface area contributed by atoms with Crippen LogP contribution in [0.4, 0.5) is 5.69 Å². The van der Waals surface area contributed by atoms with Crippen molar-refractivity contribution >= 4 is 17.5 Å². The van der Waals surface area contributed by atoms with Crippen LogP contribution in [0, 0.1) is 5.92 Å². The van der Waals surface area contributed by atoms with Gasteiger partial charge in [-0.25, -0.2) is 0 Å². The van der Waals surface area contributed by atoms with Crippen molar-refractivity contribution < 1.29 is 14.3 Å². The van der Waals surface area contributed by atoms with Gasteiger partial charge >= 0.3 is 0 Å². The first kappa shape index (κ1) is 19.9. The molecule has 0 aromatic heterocycles. The van der Waals surface area contributed by atoms with Gasteiger partial charge in [-0.2, -0.15) is 0 Å². The minimum atomic E-state index is -0.187. The molecule has 1 heterocycles. The highest BCUT2D eigenvalue weighted by molar-refractivity contribution is 5.96. The Morgan fingerprint density at radius 3 is 2.57 bits per heavy atom. The van der Waals surface area contributed by atoms with Crippen LogP contribution < -0.4 is 20.7 Å². The fourth-order valence-corrected chi connectivity index (χ4v) is 3.24. The molecule has 1 aliphatic rings. The van der Waals surface area contributed by atoms with Crippen molar-refractivity contribution in [2.45, 2.75) is 26.4 Å². The monoisotopic (exact) mass is 381 g/mol. The highest BCUT2D eigenvalue weighted by atomic mass is 16.5. The Hall–Kier alpha value is -2.86. The Morgan fingerprint density at radius 1 is 1.11 bits per heavy atom. The Labute approximate surface area is 165 Å². The van der Waals surface area contributed by atoms with E-state index in [0.29, 0.717) is 36.1 Å². The lowest BCUT2D eigenvalue weighted by Gasteiger charge is -2.22. The van der Waals surface area contributed by atoms with Crippen LogP contribution in [-0.2, 0) is 11.4 Å². The molecule has 2 aromatic carbocycles. The van der Waals surface area contributed by atoms with Gasteiger partial charge in [-0.3, -0.25) is 9.59 Å². The van der Waals surface area contributed by atoms with Crippen LogP contribution in [0.15, 0.2) is 48.5 Å². The molecule has 0 bridgehead atoms. The molecule has 0 radical (unpaired) electrons. The largest absolute Gasteiger partial charge is 0.487 e. The first-order chi connectivity index (χ1) is 13.6. The van der Waals surface area contributed by atoms with Crippen LogP contribution in [0.2, 0.25) is 0 Å². The first-order valence-electron chi connectivity index (χ1n) is 9.69. The molecule has 2 amide bonds. The number of carbonyl (C=O) groups excluding carboxylic acids is 2. The molecular weight excluding hydrogens is 354 g/mol. The number of nitrogens with one attached hydrogen (secondary N) is 3. The zero-order chi connectivity index (χ0) is 19.8. The molecule has 6 nitrogen and oxygen atoms in total. The Kier molecular flexibility index (Phi) is 7.03. The van der Waals surface area contributed by atoms with Gasteiger partial charge in [0.05, 0.1) is 5.69 Å². The summed E-state index contributed by atoms with van der Waals surface area (Å²) in [5.41, 5.74) is 2.08. The van der Waals surface area contributed by atoms with E-state index in [4.69, 9.17) is 4.74 Å². The van der Waals surface area contributed by atoms with Gasteiger partial charge in [0.15, 0.2) is 0 Å². The average Bonchev–Trinajstić information content (AvgIpc) is 2.72. The smallest absolute Gasteiger partial charge is 0.251 e. The lowest BCUT2D eigenvalue weighted by Crippen LogP contribution is -2.35. The molecule has 0 saturated carbocycles. The number of hydrogen-bond acceptors (Lipinski definition) is 4. The van der Waals surface area contributed by atoms with Crippen LogP contribution in [0.25, 0.3) is 0 Å². The molecule has 3 rings (SSSR count). The third-order valence-corrected chi connectivity index (χ3v) is 4.80. The molecule has 6 heteroatoms. The summed E-state index contributed by atoms with van der Waals surface area (Å²) in [6.07, 6.45) is 2.15. The summed E-state index contributed by atoms with van der Waals surface area (Å²) >= 11 is 0. The molecular formula is C22H27N3O3. The number of benzene rings is 2. The highest BCUT2D eigenvalue weighted by Crippen LogP contribution is 2.27. The van der Waals surface area contributed by atoms with E-state index in [1.807, 2.05) is 30.3 Å². The zero-order valence-corrected chi connectivity index (χ0v) is 16.2. The Balaban J connectivity index is 1.68. The molecule has 1 fully saturated rings. The van der Waals surface area contributed by atoms with Gasteiger partial charge in [-0.05, 0) is 55.6 Å². The van der Waals surface area contributed by atoms with E-state index in [-0.39, 0.29) is 11.8 Å². The lowest BCUT2D eigenvalue weighted by molar-refractivity contribution is -0.114. The number of piperidine rings is 1. The molecule has 28 heavy (non-hydrogen) atoms. The van der Waals surface area contributed by atoms with Gasteiger partial charge in [0, 0.05) is 19.0 Å². The summed E-state index contributed by atoms with van der Waals surface area (Å²) in [5.74, 6) is 0.677. The molecule has 148 valence electrons. The first-order valence-corrected chi connectivity index (χ1v) is 9.69. The number of anilines is 1. The van der Waals surface area contributed by atoms with E-state index in [1.54, 1.807) is 18.2 Å². The highest BCUT2D eigenvalue weighted by Gasteiger charge is 2.16. The van der Waals surface area contributed by atoms with E-state index in [0.717, 1.165) is 31.5 Å². The maximum Gasteiger partial charge on any atom is 0.251 e. The van der Waals surface area contributed by atoms with Crippen molar-refractivity contribution in [3.63, 3.8) is 0 Å². The predicted octanol–water partition coefficient (Wildman–Crippen LogP) is 2.95. The van der Waals surface area contributed by atoms with E-state index in [9.17, 15) is 9.59 Å². The van der Waals surface area contributed by atoms with Crippen LogP contribution in [0.5, 0.6) is 5.75 Å². The summed E-state index contributed by atoms with van der Waals surface area (Å²) < 4.78 is 5.91. The lowest BCUT2D eigenvalue weighted by atomic mass is 9.98. The second kappa shape index (κ2) is 9.90. The minimum Gasteiger partial charge on any atom is -0.487 e. The van der Waals surface area contributed by atoms with Crippen molar-refractivity contribution in [1.29, 1.82) is 0 Å². The third-order valence-electron chi connectivity index (χ3n) is 4.80. The quantitative estimate of drug-likeness (QED) is 0.689. The molecule has 1 saturated heterocycles. The number of carbonyl (C=O) groups is 2. The summed E-state index contributed by atoms with van der Waals surface area (Å²) in [7, 11) is 0. The fraction of sp³-hybridized carbons (Fsp3) is 0.364. The van der Waals surface area contributed by atoms with Gasteiger partial charge < -0.3 is 20.7 Å². The van der Waals surface area contributed by atoms with E-state index in [2.05, 4.69) is 16.0 Å². The topological polar surface area (TPSA) is 79.5 Å². The molecule has 1 aliphatic heterocycles. The molecule has 0 aliphatic carbocycles. The van der Waals surface area contributed by atoms with Gasteiger partial charge in [0.2, 0.25) is 5.91 Å². The van der Waals surface area contributed by atoms with Crippen molar-refractivity contribution in [3.8, 4) is 5.75 Å². The van der Waals surface area contributed by atoms with E-state index in [1.165, 1.54) is 6.92 Å². The molecule has 0 spiro atoms. The van der Waals surface area contributed by atoms with Crippen molar-refractivity contribution in [3.05, 3.63) is 59.7 Å². The zero-order valence-electron chi connectivity index (χ0n) is 16.2. The summed E-state index contributed by atoms with van der Waals surface area (Å²) in [5, 5.41) is 9.10. The van der Waals surface area contributed by atoms with E-state index < -0.39 is 0 Å². The molecule has 0 unspecified atom stereocenters. The second-order valence-corrected chi connectivity index (χ2v) is 7.07. The third kappa shape index (κ3) is 5.82. The predicted molar refractivity (Wildman–Crippen MR) is 109 cm³/mol. The number of rotatable bonds is 7. The number of ether oxygens (including phenoxy) is 1. The van der Waals surface area contributed by atoms with Gasteiger partial charge in [0.1, 0.15) is 12.4 Å². The van der Waals surface area contributed by atoms with Gasteiger partial charge in [-0.15, -0.1) is 0 Å². The van der Waals surface area contributed by atoms with Crippen molar-refractivity contribution in [2.75, 3.05) is 25.0 Å². The van der Waals surface area contributed by atoms with Crippen LogP contribution in [0.3, 0.4) is 0 Å². The maximum absolute atomic E-state index is 12.6. The van der Waals surface area contributed by atoms with Gasteiger partial charge in [0.25, 0.3) is 5.91 Å². The minimum absolute atomic E-state index is 0.127. The SMILES string of the molecule is CC(=O)Nc1ccc(C(=O)NCC2CCNCC2)cc1OCc1ccccc1. The van der Waals surface area contributed by atoms with Crippen molar-refractivity contribution in [2.24, 2.45) is 5.92 Å². The fourth-order valence-electron chi connectivity index (χ4n) is 3.24. The van der Waals surface area contributed by atoms with Gasteiger partial charge in [-0.1, -0.05) is 30.3 Å². The summed E-state index contributed by atoms with van der Waals surface area (Å²) in [6, 6.07) is 14.9. The Morgan fingerprint density at radius 2 is 1.86 bits per heavy atom. The second-order valence-electron chi connectivity index (χ2n) is 7.07. The maximum atomic E-state index is 12.6.